The molecule has 17 heavy (non-hydrogen) atoms. The summed E-state index contributed by atoms with van der Waals surface area (Å²) in [5.41, 5.74) is 5.58. The topological polar surface area (TPSA) is 86.0 Å². The lowest BCUT2D eigenvalue weighted by Crippen LogP contribution is -2.17. The van der Waals surface area contributed by atoms with E-state index in [0.29, 0.717) is 12.6 Å². The van der Waals surface area contributed by atoms with Crippen LogP contribution in [0.2, 0.25) is 0 Å². The summed E-state index contributed by atoms with van der Waals surface area (Å²) in [6, 6.07) is 0.283. The number of nitrogen functional groups attached to an aromatic ring is 1. The third kappa shape index (κ3) is 3.44. The van der Waals surface area contributed by atoms with Crippen LogP contribution in [0, 0.1) is 5.92 Å². The maximum Gasteiger partial charge on any atom is 0.323 e. The quantitative estimate of drug-likeness (QED) is 0.779. The molecular weight excluding hydrogens is 218 g/mol. The van der Waals surface area contributed by atoms with Crippen LogP contribution in [0.15, 0.2) is 0 Å². The van der Waals surface area contributed by atoms with Crippen LogP contribution in [-0.4, -0.2) is 28.1 Å². The zero-order valence-corrected chi connectivity index (χ0v) is 10.1. The molecule has 1 fully saturated rings. The average molecular weight is 237 g/mol. The Hall–Kier alpha value is -1.59. The fraction of sp³-hybridized carbons (Fsp3) is 0.727. The Bertz CT molecular complexity index is 367. The van der Waals surface area contributed by atoms with Crippen LogP contribution in [0.1, 0.15) is 32.6 Å². The predicted octanol–water partition coefficient (Wildman–Crippen LogP) is 1.45. The van der Waals surface area contributed by atoms with Gasteiger partial charge in [-0.3, -0.25) is 0 Å². The molecule has 0 bridgehead atoms. The second kappa shape index (κ2) is 5.65. The van der Waals surface area contributed by atoms with Crippen molar-refractivity contribution in [1.82, 2.24) is 15.0 Å². The molecule has 1 aromatic rings. The van der Waals surface area contributed by atoms with Gasteiger partial charge < -0.3 is 15.8 Å². The van der Waals surface area contributed by atoms with Gasteiger partial charge in [0.1, 0.15) is 0 Å². The van der Waals surface area contributed by atoms with E-state index in [1.165, 1.54) is 19.3 Å². The molecular formula is C11H19N5O. The van der Waals surface area contributed by atoms with Gasteiger partial charge in [-0.15, -0.1) is 0 Å². The smallest absolute Gasteiger partial charge is 0.323 e. The molecule has 0 aromatic carbocycles. The molecule has 1 heterocycles. The SMILES string of the molecule is CCOc1nc(N)nc(NCCC2CCC2)n1. The van der Waals surface area contributed by atoms with Crippen LogP contribution in [0.4, 0.5) is 11.9 Å². The summed E-state index contributed by atoms with van der Waals surface area (Å²) >= 11 is 0. The molecule has 2 rings (SSSR count). The van der Waals surface area contributed by atoms with E-state index in [0.717, 1.165) is 18.9 Å². The van der Waals surface area contributed by atoms with Gasteiger partial charge in [0.15, 0.2) is 0 Å². The van der Waals surface area contributed by atoms with Gasteiger partial charge in [0.25, 0.3) is 0 Å². The van der Waals surface area contributed by atoms with Gasteiger partial charge >= 0.3 is 6.01 Å². The minimum atomic E-state index is 0.189. The summed E-state index contributed by atoms with van der Waals surface area (Å²) in [6.07, 6.45) is 5.24. The van der Waals surface area contributed by atoms with Crippen molar-refractivity contribution in [3.63, 3.8) is 0 Å². The van der Waals surface area contributed by atoms with Crippen LogP contribution in [0.25, 0.3) is 0 Å². The van der Waals surface area contributed by atoms with Crippen molar-refractivity contribution in [3.8, 4) is 6.01 Å². The van der Waals surface area contributed by atoms with Gasteiger partial charge in [-0.05, 0) is 19.3 Å². The number of rotatable bonds is 6. The fourth-order valence-corrected chi connectivity index (χ4v) is 1.81. The van der Waals surface area contributed by atoms with Crippen LogP contribution in [0.5, 0.6) is 6.01 Å². The molecule has 1 aromatic heterocycles. The van der Waals surface area contributed by atoms with Crippen molar-refractivity contribution < 1.29 is 4.74 Å². The van der Waals surface area contributed by atoms with E-state index in [4.69, 9.17) is 10.5 Å². The van der Waals surface area contributed by atoms with E-state index >= 15 is 0 Å². The minimum absolute atomic E-state index is 0.189. The molecule has 3 N–H and O–H groups in total. The molecule has 0 unspecified atom stereocenters. The third-order valence-corrected chi connectivity index (χ3v) is 2.97. The molecule has 6 heteroatoms. The summed E-state index contributed by atoms with van der Waals surface area (Å²) in [6.45, 7) is 3.27. The third-order valence-electron chi connectivity index (χ3n) is 2.97. The summed E-state index contributed by atoms with van der Waals surface area (Å²) in [5, 5.41) is 3.16. The highest BCUT2D eigenvalue weighted by molar-refractivity contribution is 5.32. The van der Waals surface area contributed by atoms with Crippen molar-refractivity contribution >= 4 is 11.9 Å². The maximum absolute atomic E-state index is 5.58. The predicted molar refractivity (Wildman–Crippen MR) is 65.9 cm³/mol. The monoisotopic (exact) mass is 237 g/mol. The van der Waals surface area contributed by atoms with Crippen molar-refractivity contribution in [2.75, 3.05) is 24.2 Å². The molecule has 0 aliphatic heterocycles. The molecule has 0 saturated heterocycles. The lowest BCUT2D eigenvalue weighted by Gasteiger charge is -2.25. The summed E-state index contributed by atoms with van der Waals surface area (Å²) in [4.78, 5) is 12.0. The number of anilines is 2. The molecule has 1 aliphatic carbocycles. The van der Waals surface area contributed by atoms with E-state index < -0.39 is 0 Å². The van der Waals surface area contributed by atoms with Crippen LogP contribution in [-0.2, 0) is 0 Å². The van der Waals surface area contributed by atoms with Crippen LogP contribution < -0.4 is 15.8 Å². The van der Waals surface area contributed by atoms with E-state index in [1.807, 2.05) is 6.92 Å². The first kappa shape index (κ1) is 11.9. The molecule has 1 aliphatic rings. The molecule has 0 amide bonds. The lowest BCUT2D eigenvalue weighted by atomic mass is 9.83. The first-order valence-electron chi connectivity index (χ1n) is 6.16. The summed E-state index contributed by atoms with van der Waals surface area (Å²) in [5.74, 6) is 1.56. The molecule has 94 valence electrons. The van der Waals surface area contributed by atoms with E-state index in [9.17, 15) is 0 Å². The Kier molecular flexibility index (Phi) is 3.95. The number of nitrogens with zero attached hydrogens (tertiary/aromatic N) is 3. The Morgan fingerprint density at radius 1 is 1.35 bits per heavy atom. The lowest BCUT2D eigenvalue weighted by molar-refractivity contribution is 0.302. The Labute approximate surface area is 101 Å². The highest BCUT2D eigenvalue weighted by Gasteiger charge is 2.16. The standard InChI is InChI=1S/C11H19N5O/c1-2-17-11-15-9(12)14-10(16-11)13-7-6-8-4-3-5-8/h8H,2-7H2,1H3,(H3,12,13,14,15,16). The van der Waals surface area contributed by atoms with E-state index in [2.05, 4.69) is 20.3 Å². The number of nitrogens with two attached hydrogens (primary N) is 1. The minimum Gasteiger partial charge on any atom is -0.464 e. The number of hydrogen-bond acceptors (Lipinski definition) is 6. The van der Waals surface area contributed by atoms with E-state index in [-0.39, 0.29) is 12.0 Å². The van der Waals surface area contributed by atoms with Crippen molar-refractivity contribution in [2.24, 2.45) is 5.92 Å². The summed E-state index contributed by atoms with van der Waals surface area (Å²) in [7, 11) is 0. The van der Waals surface area contributed by atoms with Crippen molar-refractivity contribution in [3.05, 3.63) is 0 Å². The molecule has 0 radical (unpaired) electrons. The second-order valence-corrected chi connectivity index (χ2v) is 4.25. The number of ether oxygens (including phenoxy) is 1. The molecule has 0 atom stereocenters. The maximum atomic E-state index is 5.58. The second-order valence-electron chi connectivity index (χ2n) is 4.25. The van der Waals surface area contributed by atoms with Gasteiger partial charge in [-0.25, -0.2) is 0 Å². The van der Waals surface area contributed by atoms with Gasteiger partial charge in [-0.2, -0.15) is 15.0 Å². The van der Waals surface area contributed by atoms with Gasteiger partial charge in [0.05, 0.1) is 6.61 Å². The van der Waals surface area contributed by atoms with Crippen molar-refractivity contribution in [2.45, 2.75) is 32.6 Å². The Morgan fingerprint density at radius 3 is 2.82 bits per heavy atom. The molecule has 6 nitrogen and oxygen atoms in total. The number of hydrogen-bond donors (Lipinski definition) is 2. The fourth-order valence-electron chi connectivity index (χ4n) is 1.81. The first-order valence-corrected chi connectivity index (χ1v) is 6.16. The largest absolute Gasteiger partial charge is 0.464 e. The van der Waals surface area contributed by atoms with Crippen molar-refractivity contribution in [1.29, 1.82) is 0 Å². The zero-order valence-electron chi connectivity index (χ0n) is 10.1. The number of nitrogens with one attached hydrogen (secondary N) is 1. The summed E-state index contributed by atoms with van der Waals surface area (Å²) < 4.78 is 5.20. The van der Waals surface area contributed by atoms with Crippen LogP contribution in [0.3, 0.4) is 0 Å². The van der Waals surface area contributed by atoms with Gasteiger partial charge in [0, 0.05) is 6.54 Å². The first-order chi connectivity index (χ1) is 8.28. The highest BCUT2D eigenvalue weighted by Crippen LogP contribution is 2.29. The zero-order chi connectivity index (χ0) is 12.1. The molecule has 1 saturated carbocycles. The molecule has 0 spiro atoms. The Morgan fingerprint density at radius 2 is 2.18 bits per heavy atom. The average Bonchev–Trinajstić information content (AvgIpc) is 2.21. The van der Waals surface area contributed by atoms with Gasteiger partial charge in [0.2, 0.25) is 11.9 Å². The normalized spacial score (nSPS) is 15.4. The van der Waals surface area contributed by atoms with Crippen LogP contribution >= 0.6 is 0 Å². The highest BCUT2D eigenvalue weighted by atomic mass is 16.5. The van der Waals surface area contributed by atoms with E-state index in [1.54, 1.807) is 0 Å². The van der Waals surface area contributed by atoms with Gasteiger partial charge in [-0.1, -0.05) is 19.3 Å². The number of aromatic nitrogens is 3. The Balaban J connectivity index is 1.85.